The maximum Gasteiger partial charge on any atom is 0.336 e. The van der Waals surface area contributed by atoms with Crippen molar-refractivity contribution in [2.45, 2.75) is 23.8 Å². The molecule has 2 heterocycles. The smallest absolute Gasteiger partial charge is 0.336 e. The largest absolute Gasteiger partial charge is 0.466 e. The van der Waals surface area contributed by atoms with Gasteiger partial charge in [0.15, 0.2) is 5.16 Å². The minimum absolute atomic E-state index is 0.304. The number of nitrogens with one attached hydrogen (secondary N) is 2. The average Bonchev–Trinajstić information content (AvgIpc) is 2.77. The Bertz CT molecular complexity index is 1220. The fraction of sp³-hybridized carbons (Fsp3) is 0.174. The van der Waals surface area contributed by atoms with E-state index in [0.717, 1.165) is 11.1 Å². The highest BCUT2D eigenvalue weighted by Crippen LogP contribution is 2.40. The molecule has 0 spiro atoms. The number of methoxy groups -OCH3 is 1. The van der Waals surface area contributed by atoms with Crippen LogP contribution in [0.5, 0.6) is 0 Å². The van der Waals surface area contributed by atoms with E-state index in [-0.39, 0.29) is 5.56 Å². The molecule has 8 heteroatoms. The van der Waals surface area contributed by atoms with Gasteiger partial charge in [0.05, 0.1) is 24.2 Å². The summed E-state index contributed by atoms with van der Waals surface area (Å²) in [5.41, 5.74) is 2.85. The van der Waals surface area contributed by atoms with E-state index in [1.807, 2.05) is 54.6 Å². The molecule has 0 aliphatic carbocycles. The quantitative estimate of drug-likeness (QED) is 0.330. The van der Waals surface area contributed by atoms with Gasteiger partial charge < -0.3 is 15.0 Å². The van der Waals surface area contributed by atoms with Crippen molar-refractivity contribution in [2.75, 3.05) is 12.4 Å². The van der Waals surface area contributed by atoms with Crippen molar-refractivity contribution in [1.29, 1.82) is 0 Å². The summed E-state index contributed by atoms with van der Waals surface area (Å²) < 4.78 is 5.00. The molecule has 1 aliphatic heterocycles. The lowest BCUT2D eigenvalue weighted by atomic mass is 9.82. The Hall–Kier alpha value is -3.03. The average molecular weight is 454 g/mol. The van der Waals surface area contributed by atoms with Gasteiger partial charge in [-0.2, -0.15) is 0 Å². The number of esters is 1. The molecule has 1 aliphatic rings. The number of aromatic nitrogens is 2. The van der Waals surface area contributed by atoms with Gasteiger partial charge in [0.25, 0.3) is 5.56 Å². The third-order valence-corrected chi connectivity index (χ3v) is 6.37. The maximum absolute atomic E-state index is 13.2. The first-order valence-corrected chi connectivity index (χ1v) is 11.0. The normalized spacial score (nSPS) is 15.3. The highest BCUT2D eigenvalue weighted by molar-refractivity contribution is 7.98. The number of hydrogen-bond donors (Lipinski definition) is 2. The second-order valence-electron chi connectivity index (χ2n) is 7.01. The number of fused-ring (bicyclic) bond motifs is 1. The molecule has 0 radical (unpaired) electrons. The van der Waals surface area contributed by atoms with Crippen LogP contribution in [0.2, 0.25) is 5.02 Å². The van der Waals surface area contributed by atoms with Gasteiger partial charge >= 0.3 is 5.97 Å². The zero-order valence-corrected chi connectivity index (χ0v) is 18.5. The molecule has 1 unspecified atom stereocenters. The van der Waals surface area contributed by atoms with E-state index < -0.39 is 11.9 Å². The van der Waals surface area contributed by atoms with Crippen LogP contribution in [0.1, 0.15) is 29.5 Å². The molecule has 158 valence electrons. The Morgan fingerprint density at radius 1 is 1.16 bits per heavy atom. The Morgan fingerprint density at radius 2 is 1.87 bits per heavy atom. The number of carbonyl (C=O) groups is 1. The summed E-state index contributed by atoms with van der Waals surface area (Å²) in [6.45, 7) is 1.78. The highest BCUT2D eigenvalue weighted by Gasteiger charge is 2.36. The number of H-pyrrole nitrogens is 1. The molecule has 0 fully saturated rings. The number of benzene rings is 2. The standard InChI is InChI=1S/C23H20ClN3O3S/c1-13-17(22(29)30-2)18(14-8-4-3-5-9-14)19-20(25-13)26-23(27-21(19)28)31-12-15-10-6-7-11-16(15)24/h3-11,18H,12H2,1-2H3,(H2,25,26,27,28). The minimum Gasteiger partial charge on any atom is -0.466 e. The lowest BCUT2D eigenvalue weighted by molar-refractivity contribution is -0.136. The predicted octanol–water partition coefficient (Wildman–Crippen LogP) is 4.72. The van der Waals surface area contributed by atoms with Gasteiger partial charge in [-0.15, -0.1) is 0 Å². The van der Waals surface area contributed by atoms with Crippen LogP contribution in [0.25, 0.3) is 0 Å². The van der Waals surface area contributed by atoms with Crippen LogP contribution in [0, 0.1) is 0 Å². The van der Waals surface area contributed by atoms with Crippen LogP contribution in [-0.2, 0) is 15.3 Å². The number of hydrogen-bond acceptors (Lipinski definition) is 6. The van der Waals surface area contributed by atoms with Crippen LogP contribution in [0.15, 0.2) is 75.8 Å². The third kappa shape index (κ3) is 4.24. The number of halogens is 1. The summed E-state index contributed by atoms with van der Waals surface area (Å²) in [4.78, 5) is 33.2. The van der Waals surface area contributed by atoms with Crippen molar-refractivity contribution < 1.29 is 9.53 Å². The summed E-state index contributed by atoms with van der Waals surface area (Å²) in [5, 5.41) is 4.26. The number of ether oxygens (including phenoxy) is 1. The van der Waals surface area contributed by atoms with Gasteiger partial charge in [-0.25, -0.2) is 9.78 Å². The van der Waals surface area contributed by atoms with Crippen molar-refractivity contribution in [3.63, 3.8) is 0 Å². The summed E-state index contributed by atoms with van der Waals surface area (Å²) in [6.07, 6.45) is 0. The van der Waals surface area contributed by atoms with E-state index >= 15 is 0 Å². The second-order valence-corrected chi connectivity index (χ2v) is 8.38. The molecule has 1 atom stereocenters. The fourth-order valence-corrected chi connectivity index (χ4v) is 4.77. The van der Waals surface area contributed by atoms with E-state index in [1.54, 1.807) is 6.92 Å². The Kier molecular flexibility index (Phi) is 6.15. The Labute approximate surface area is 188 Å². The molecular formula is C23H20ClN3O3S. The topological polar surface area (TPSA) is 84.1 Å². The van der Waals surface area contributed by atoms with E-state index in [4.69, 9.17) is 16.3 Å². The monoisotopic (exact) mass is 453 g/mol. The molecule has 1 aromatic heterocycles. The molecule has 0 bridgehead atoms. The molecule has 4 rings (SSSR count). The summed E-state index contributed by atoms with van der Waals surface area (Å²) >= 11 is 7.62. The second kappa shape index (κ2) is 8.99. The van der Waals surface area contributed by atoms with Gasteiger partial charge in [0.2, 0.25) is 0 Å². The summed E-state index contributed by atoms with van der Waals surface area (Å²) in [6, 6.07) is 17.0. The first-order chi connectivity index (χ1) is 15.0. The molecule has 2 N–H and O–H groups in total. The van der Waals surface area contributed by atoms with Crippen LogP contribution in [0.3, 0.4) is 0 Å². The number of nitrogens with zero attached hydrogens (tertiary/aromatic N) is 1. The zero-order valence-electron chi connectivity index (χ0n) is 16.9. The van der Waals surface area contributed by atoms with Gasteiger partial charge in [-0.1, -0.05) is 71.9 Å². The molecular weight excluding hydrogens is 434 g/mol. The first-order valence-electron chi connectivity index (χ1n) is 9.61. The lowest BCUT2D eigenvalue weighted by Gasteiger charge is -2.28. The van der Waals surface area contributed by atoms with E-state index in [2.05, 4.69) is 15.3 Å². The van der Waals surface area contributed by atoms with Crippen molar-refractivity contribution in [2.24, 2.45) is 0 Å². The first kappa shape index (κ1) is 21.2. The van der Waals surface area contributed by atoms with Gasteiger partial charge in [0.1, 0.15) is 5.82 Å². The Balaban J connectivity index is 1.76. The molecule has 0 amide bonds. The molecule has 3 aromatic rings. The van der Waals surface area contributed by atoms with Gasteiger partial charge in [-0.3, -0.25) is 4.79 Å². The number of anilines is 1. The predicted molar refractivity (Wildman–Crippen MR) is 122 cm³/mol. The van der Waals surface area contributed by atoms with Crippen molar-refractivity contribution >= 4 is 35.1 Å². The number of rotatable bonds is 5. The van der Waals surface area contributed by atoms with Crippen LogP contribution >= 0.6 is 23.4 Å². The zero-order chi connectivity index (χ0) is 22.0. The SMILES string of the molecule is COC(=O)C1=C(C)Nc2nc(SCc3ccccc3Cl)[nH]c(=O)c2C1c1ccccc1. The molecule has 6 nitrogen and oxygen atoms in total. The minimum atomic E-state index is -0.580. The maximum atomic E-state index is 13.2. The number of carbonyl (C=O) groups excluding carboxylic acids is 1. The molecule has 2 aromatic carbocycles. The van der Waals surface area contributed by atoms with E-state index in [9.17, 15) is 9.59 Å². The summed E-state index contributed by atoms with van der Waals surface area (Å²) in [7, 11) is 1.33. The van der Waals surface area contributed by atoms with Crippen molar-refractivity contribution in [3.05, 3.63) is 97.9 Å². The third-order valence-electron chi connectivity index (χ3n) is 5.08. The van der Waals surface area contributed by atoms with E-state index in [1.165, 1.54) is 18.9 Å². The van der Waals surface area contributed by atoms with Crippen molar-refractivity contribution in [3.8, 4) is 0 Å². The van der Waals surface area contributed by atoms with Crippen LogP contribution in [-0.4, -0.2) is 23.0 Å². The number of allylic oxidation sites excluding steroid dienone is 1. The molecule has 0 saturated carbocycles. The molecule has 0 saturated heterocycles. The summed E-state index contributed by atoms with van der Waals surface area (Å²) in [5.74, 6) is -0.0691. The van der Waals surface area contributed by atoms with Crippen molar-refractivity contribution in [1.82, 2.24) is 9.97 Å². The van der Waals surface area contributed by atoms with Crippen LogP contribution in [0.4, 0.5) is 5.82 Å². The highest BCUT2D eigenvalue weighted by atomic mass is 35.5. The Morgan fingerprint density at radius 3 is 2.58 bits per heavy atom. The molecule has 31 heavy (non-hydrogen) atoms. The van der Waals surface area contributed by atoms with E-state index in [0.29, 0.717) is 38.6 Å². The van der Waals surface area contributed by atoms with Gasteiger partial charge in [0, 0.05) is 16.5 Å². The van der Waals surface area contributed by atoms with Gasteiger partial charge in [-0.05, 0) is 24.1 Å². The lowest BCUT2D eigenvalue weighted by Crippen LogP contribution is -2.30. The fourth-order valence-electron chi connectivity index (χ4n) is 3.62. The van der Waals surface area contributed by atoms with Crippen LogP contribution < -0.4 is 10.9 Å². The number of thioether (sulfide) groups is 1. The number of aromatic amines is 1.